The number of ether oxygens (including phenoxy) is 1. The lowest BCUT2D eigenvalue weighted by molar-refractivity contribution is -0.152. The fourth-order valence-electron chi connectivity index (χ4n) is 1.67. The van der Waals surface area contributed by atoms with Crippen LogP contribution in [0.1, 0.15) is 38.5 Å². The van der Waals surface area contributed by atoms with Gasteiger partial charge in [-0.05, 0) is 25.7 Å². The molecule has 0 aromatic carbocycles. The largest absolute Gasteiger partial charge is 0.481 e. The van der Waals surface area contributed by atoms with E-state index in [1.807, 2.05) is 0 Å². The Hall–Kier alpha value is -0.710. The van der Waals surface area contributed by atoms with Crippen molar-refractivity contribution in [1.29, 1.82) is 0 Å². The van der Waals surface area contributed by atoms with Crippen molar-refractivity contribution in [3.63, 3.8) is 0 Å². The zero-order valence-corrected chi connectivity index (χ0v) is 9.41. The van der Waals surface area contributed by atoms with Gasteiger partial charge >= 0.3 is 11.9 Å². The molecule has 1 unspecified atom stereocenters. The lowest BCUT2D eigenvalue weighted by Crippen LogP contribution is -2.27. The van der Waals surface area contributed by atoms with Crippen LogP contribution in [0.15, 0.2) is 0 Å². The fourth-order valence-corrected chi connectivity index (χ4v) is 1.89. The Morgan fingerprint density at radius 2 is 1.93 bits per heavy atom. The van der Waals surface area contributed by atoms with Crippen molar-refractivity contribution in [2.45, 2.75) is 49.9 Å². The smallest absolute Gasteiger partial charge is 0.319 e. The Labute approximate surface area is 94.4 Å². The van der Waals surface area contributed by atoms with Gasteiger partial charge in [0.25, 0.3) is 0 Å². The van der Waals surface area contributed by atoms with Crippen LogP contribution in [0.4, 0.5) is 0 Å². The molecule has 0 heterocycles. The summed E-state index contributed by atoms with van der Waals surface area (Å²) in [4.78, 5) is 21.7. The standard InChI is InChI=1S/C10H16O4S/c11-9(12)6-8(15)10(13)14-7-4-2-1-3-5-7/h7-8,15H,1-6H2,(H,11,12). The third-order valence-corrected chi connectivity index (χ3v) is 2.87. The van der Waals surface area contributed by atoms with Gasteiger partial charge in [-0.3, -0.25) is 9.59 Å². The number of carboxylic acids is 1. The fraction of sp³-hybridized carbons (Fsp3) is 0.800. The number of aliphatic carboxylic acids is 1. The topological polar surface area (TPSA) is 63.6 Å². The first-order valence-electron chi connectivity index (χ1n) is 5.20. The molecule has 0 saturated heterocycles. The minimum atomic E-state index is -1.03. The normalized spacial score (nSPS) is 19.5. The number of hydrogen-bond acceptors (Lipinski definition) is 4. The lowest BCUT2D eigenvalue weighted by atomic mass is 9.98. The molecule has 0 amide bonds. The average molecular weight is 232 g/mol. The van der Waals surface area contributed by atoms with Gasteiger partial charge in [0.1, 0.15) is 11.4 Å². The molecule has 0 aliphatic heterocycles. The molecule has 4 nitrogen and oxygen atoms in total. The summed E-state index contributed by atoms with van der Waals surface area (Å²) in [6.07, 6.45) is 4.80. The first kappa shape index (κ1) is 12.4. The van der Waals surface area contributed by atoms with Crippen molar-refractivity contribution in [3.05, 3.63) is 0 Å². The second-order valence-corrected chi connectivity index (χ2v) is 4.43. The molecular weight excluding hydrogens is 216 g/mol. The quantitative estimate of drug-likeness (QED) is 0.571. The molecule has 1 atom stereocenters. The molecule has 1 saturated carbocycles. The maximum Gasteiger partial charge on any atom is 0.319 e. The van der Waals surface area contributed by atoms with E-state index >= 15 is 0 Å². The van der Waals surface area contributed by atoms with E-state index in [1.54, 1.807) is 0 Å². The summed E-state index contributed by atoms with van der Waals surface area (Å²) in [5.41, 5.74) is 0. The molecule has 1 fully saturated rings. The summed E-state index contributed by atoms with van der Waals surface area (Å²) in [7, 11) is 0. The third kappa shape index (κ3) is 4.55. The van der Waals surface area contributed by atoms with Gasteiger partial charge in [0, 0.05) is 0 Å². The zero-order valence-electron chi connectivity index (χ0n) is 8.52. The van der Waals surface area contributed by atoms with Crippen LogP contribution in [-0.4, -0.2) is 28.4 Å². The number of thiol groups is 1. The van der Waals surface area contributed by atoms with Crippen LogP contribution >= 0.6 is 12.6 Å². The van der Waals surface area contributed by atoms with Crippen LogP contribution in [0.25, 0.3) is 0 Å². The highest BCUT2D eigenvalue weighted by molar-refractivity contribution is 7.81. The predicted octanol–water partition coefficient (Wildman–Crippen LogP) is 1.64. The predicted molar refractivity (Wildman–Crippen MR) is 58.0 cm³/mol. The minimum Gasteiger partial charge on any atom is -0.481 e. The van der Waals surface area contributed by atoms with Crippen molar-refractivity contribution in [2.24, 2.45) is 0 Å². The second-order valence-electron chi connectivity index (χ2n) is 3.81. The number of carbonyl (C=O) groups is 2. The molecule has 0 aromatic heterocycles. The monoisotopic (exact) mass is 232 g/mol. The van der Waals surface area contributed by atoms with Gasteiger partial charge in [0.15, 0.2) is 0 Å². The maximum absolute atomic E-state index is 11.4. The molecule has 0 radical (unpaired) electrons. The molecular formula is C10H16O4S. The summed E-state index contributed by atoms with van der Waals surface area (Å²) >= 11 is 3.91. The lowest BCUT2D eigenvalue weighted by Gasteiger charge is -2.22. The van der Waals surface area contributed by atoms with Gasteiger partial charge in [-0.1, -0.05) is 6.42 Å². The first-order chi connectivity index (χ1) is 7.09. The van der Waals surface area contributed by atoms with E-state index in [4.69, 9.17) is 9.84 Å². The van der Waals surface area contributed by atoms with Crippen LogP contribution < -0.4 is 0 Å². The van der Waals surface area contributed by atoms with Crippen LogP contribution in [-0.2, 0) is 14.3 Å². The highest BCUT2D eigenvalue weighted by Gasteiger charge is 2.23. The highest BCUT2D eigenvalue weighted by Crippen LogP contribution is 2.21. The van der Waals surface area contributed by atoms with Crippen molar-refractivity contribution in [1.82, 2.24) is 0 Å². The summed E-state index contributed by atoms with van der Waals surface area (Å²) in [5, 5.41) is 7.64. The van der Waals surface area contributed by atoms with E-state index < -0.39 is 17.2 Å². The summed E-state index contributed by atoms with van der Waals surface area (Å²) in [6, 6.07) is 0. The minimum absolute atomic E-state index is 0.0327. The highest BCUT2D eigenvalue weighted by atomic mass is 32.1. The molecule has 1 N–H and O–H groups in total. The Balaban J connectivity index is 2.30. The van der Waals surface area contributed by atoms with E-state index in [9.17, 15) is 9.59 Å². The molecule has 0 spiro atoms. The van der Waals surface area contributed by atoms with Crippen LogP contribution in [0, 0.1) is 0 Å². The van der Waals surface area contributed by atoms with Gasteiger partial charge in [-0.25, -0.2) is 0 Å². The Kier molecular flexibility index (Phi) is 4.94. The van der Waals surface area contributed by atoms with Crippen molar-refractivity contribution < 1.29 is 19.4 Å². The first-order valence-corrected chi connectivity index (χ1v) is 5.71. The van der Waals surface area contributed by atoms with Gasteiger partial charge in [-0.2, -0.15) is 12.6 Å². The molecule has 1 aliphatic rings. The number of esters is 1. The van der Waals surface area contributed by atoms with Gasteiger partial charge in [0.05, 0.1) is 6.42 Å². The summed E-state index contributed by atoms with van der Waals surface area (Å²) in [6.45, 7) is 0. The van der Waals surface area contributed by atoms with Gasteiger partial charge in [-0.15, -0.1) is 0 Å². The second kappa shape index (κ2) is 6.00. The maximum atomic E-state index is 11.4. The molecule has 1 aliphatic carbocycles. The van der Waals surface area contributed by atoms with E-state index in [0.717, 1.165) is 25.7 Å². The zero-order chi connectivity index (χ0) is 11.3. The average Bonchev–Trinajstić information content (AvgIpc) is 2.18. The van der Waals surface area contributed by atoms with Crippen LogP contribution in [0.3, 0.4) is 0 Å². The molecule has 5 heteroatoms. The SMILES string of the molecule is O=C(O)CC(S)C(=O)OC1CCCCC1. The Morgan fingerprint density at radius 3 is 2.47 bits per heavy atom. The molecule has 86 valence electrons. The van der Waals surface area contributed by atoms with Crippen molar-refractivity contribution in [2.75, 3.05) is 0 Å². The number of hydrogen-bond donors (Lipinski definition) is 2. The van der Waals surface area contributed by atoms with Crippen molar-refractivity contribution in [3.8, 4) is 0 Å². The number of carbonyl (C=O) groups excluding carboxylic acids is 1. The van der Waals surface area contributed by atoms with E-state index in [0.29, 0.717) is 0 Å². The summed E-state index contributed by atoms with van der Waals surface area (Å²) in [5.74, 6) is -1.54. The van der Waals surface area contributed by atoms with E-state index in [-0.39, 0.29) is 12.5 Å². The number of carboxylic acid groups (broad SMARTS) is 1. The third-order valence-electron chi connectivity index (χ3n) is 2.48. The molecule has 1 rings (SSSR count). The van der Waals surface area contributed by atoms with Gasteiger partial charge in [0.2, 0.25) is 0 Å². The van der Waals surface area contributed by atoms with E-state index in [1.165, 1.54) is 6.42 Å². The molecule has 0 aromatic rings. The number of rotatable bonds is 4. The van der Waals surface area contributed by atoms with Crippen LogP contribution in [0.2, 0.25) is 0 Å². The molecule has 15 heavy (non-hydrogen) atoms. The van der Waals surface area contributed by atoms with Crippen molar-refractivity contribution >= 4 is 24.6 Å². The van der Waals surface area contributed by atoms with E-state index in [2.05, 4.69) is 12.6 Å². The summed E-state index contributed by atoms with van der Waals surface area (Å²) < 4.78 is 5.18. The Morgan fingerprint density at radius 1 is 1.33 bits per heavy atom. The van der Waals surface area contributed by atoms with Gasteiger partial charge < -0.3 is 9.84 Å². The Bertz CT molecular complexity index is 236. The molecule has 0 bridgehead atoms. The van der Waals surface area contributed by atoms with Crippen LogP contribution in [0.5, 0.6) is 0 Å².